The Morgan fingerprint density at radius 1 is 1.04 bits per heavy atom. The molecule has 0 saturated heterocycles. The molecule has 1 fully saturated rings. The normalized spacial score (nSPS) is 15.7. The SMILES string of the molecule is CCc1ccc(S(=O)(=O)Nc2ccc(NC3CCCCC3)cn2)cc1. The number of aryl methyl sites for hydroxylation is 1. The van der Waals surface area contributed by atoms with E-state index >= 15 is 0 Å². The van der Waals surface area contributed by atoms with E-state index in [4.69, 9.17) is 0 Å². The molecule has 0 bridgehead atoms. The van der Waals surface area contributed by atoms with Gasteiger partial charge >= 0.3 is 0 Å². The van der Waals surface area contributed by atoms with E-state index in [0.29, 0.717) is 11.9 Å². The average Bonchev–Trinajstić information content (AvgIpc) is 2.64. The summed E-state index contributed by atoms with van der Waals surface area (Å²) in [5.74, 6) is 0.328. The van der Waals surface area contributed by atoms with E-state index in [9.17, 15) is 8.42 Å². The zero-order chi connectivity index (χ0) is 17.7. The van der Waals surface area contributed by atoms with Crippen LogP contribution in [-0.2, 0) is 16.4 Å². The summed E-state index contributed by atoms with van der Waals surface area (Å²) < 4.78 is 27.4. The highest BCUT2D eigenvalue weighted by Gasteiger charge is 2.16. The predicted octanol–water partition coefficient (Wildman–Crippen LogP) is 4.19. The molecule has 2 N–H and O–H groups in total. The third-order valence-corrected chi connectivity index (χ3v) is 5.99. The summed E-state index contributed by atoms with van der Waals surface area (Å²) in [6.45, 7) is 2.04. The Balaban J connectivity index is 1.65. The summed E-state index contributed by atoms with van der Waals surface area (Å²) in [5, 5.41) is 3.48. The van der Waals surface area contributed by atoms with E-state index < -0.39 is 10.0 Å². The molecule has 5 nitrogen and oxygen atoms in total. The van der Waals surface area contributed by atoms with Crippen LogP contribution in [0.4, 0.5) is 11.5 Å². The van der Waals surface area contributed by atoms with Gasteiger partial charge in [-0.2, -0.15) is 0 Å². The lowest BCUT2D eigenvalue weighted by molar-refractivity contribution is 0.462. The van der Waals surface area contributed by atoms with Crippen LogP contribution in [-0.4, -0.2) is 19.4 Å². The van der Waals surface area contributed by atoms with Crippen LogP contribution < -0.4 is 10.0 Å². The molecule has 0 radical (unpaired) electrons. The molecule has 1 aliphatic carbocycles. The van der Waals surface area contributed by atoms with Crippen molar-refractivity contribution in [3.05, 3.63) is 48.2 Å². The lowest BCUT2D eigenvalue weighted by Gasteiger charge is -2.23. The average molecular weight is 359 g/mol. The quantitative estimate of drug-likeness (QED) is 0.811. The predicted molar refractivity (Wildman–Crippen MR) is 101 cm³/mol. The Kier molecular flexibility index (Phi) is 5.58. The zero-order valence-electron chi connectivity index (χ0n) is 14.5. The molecule has 134 valence electrons. The van der Waals surface area contributed by atoms with Crippen LogP contribution in [0, 0.1) is 0 Å². The van der Waals surface area contributed by atoms with Crippen LogP contribution in [0.25, 0.3) is 0 Å². The molecule has 0 amide bonds. The Morgan fingerprint density at radius 2 is 1.76 bits per heavy atom. The van der Waals surface area contributed by atoms with E-state index in [1.165, 1.54) is 32.1 Å². The molecule has 1 saturated carbocycles. The molecular weight excluding hydrogens is 334 g/mol. The molecule has 0 spiro atoms. The van der Waals surface area contributed by atoms with Gasteiger partial charge in [0, 0.05) is 6.04 Å². The van der Waals surface area contributed by atoms with Gasteiger partial charge in [-0.25, -0.2) is 13.4 Å². The van der Waals surface area contributed by atoms with Crippen LogP contribution in [0.15, 0.2) is 47.5 Å². The van der Waals surface area contributed by atoms with Crippen molar-refractivity contribution in [2.45, 2.75) is 56.4 Å². The topological polar surface area (TPSA) is 71.1 Å². The highest BCUT2D eigenvalue weighted by atomic mass is 32.2. The van der Waals surface area contributed by atoms with Gasteiger partial charge in [0.15, 0.2) is 0 Å². The fourth-order valence-corrected chi connectivity index (χ4v) is 4.13. The Bertz CT molecular complexity index is 780. The maximum atomic E-state index is 12.4. The fourth-order valence-electron chi connectivity index (χ4n) is 3.12. The molecule has 1 aromatic heterocycles. The Hall–Kier alpha value is -2.08. The summed E-state index contributed by atoms with van der Waals surface area (Å²) in [6.07, 6.45) is 8.78. The van der Waals surface area contributed by atoms with Crippen LogP contribution in [0.3, 0.4) is 0 Å². The molecule has 25 heavy (non-hydrogen) atoms. The lowest BCUT2D eigenvalue weighted by atomic mass is 9.95. The maximum Gasteiger partial charge on any atom is 0.263 e. The third kappa shape index (κ3) is 4.72. The molecule has 0 unspecified atom stereocenters. The Labute approximate surface area is 149 Å². The molecule has 6 heteroatoms. The van der Waals surface area contributed by atoms with Crippen LogP contribution in [0.1, 0.15) is 44.6 Å². The minimum absolute atomic E-state index is 0.246. The van der Waals surface area contributed by atoms with Crippen molar-refractivity contribution in [2.75, 3.05) is 10.0 Å². The van der Waals surface area contributed by atoms with Gasteiger partial charge in [-0.05, 0) is 49.1 Å². The smallest absolute Gasteiger partial charge is 0.263 e. The number of nitrogens with one attached hydrogen (secondary N) is 2. The van der Waals surface area contributed by atoms with E-state index in [2.05, 4.69) is 15.0 Å². The number of sulfonamides is 1. The lowest BCUT2D eigenvalue weighted by Crippen LogP contribution is -2.22. The van der Waals surface area contributed by atoms with Crippen molar-refractivity contribution in [3.63, 3.8) is 0 Å². The van der Waals surface area contributed by atoms with Gasteiger partial charge in [0.25, 0.3) is 10.0 Å². The first-order valence-corrected chi connectivity index (χ1v) is 10.4. The maximum absolute atomic E-state index is 12.4. The number of rotatable bonds is 6. The monoisotopic (exact) mass is 359 g/mol. The second kappa shape index (κ2) is 7.87. The molecule has 1 aromatic carbocycles. The fraction of sp³-hybridized carbons (Fsp3) is 0.421. The van der Waals surface area contributed by atoms with Crippen molar-refractivity contribution in [1.82, 2.24) is 4.98 Å². The minimum atomic E-state index is -3.61. The molecule has 0 aliphatic heterocycles. The van der Waals surface area contributed by atoms with E-state index in [-0.39, 0.29) is 4.90 Å². The van der Waals surface area contributed by atoms with Crippen LogP contribution in [0.2, 0.25) is 0 Å². The summed E-state index contributed by atoms with van der Waals surface area (Å²) in [5.41, 5.74) is 2.04. The first-order chi connectivity index (χ1) is 12.1. The summed E-state index contributed by atoms with van der Waals surface area (Å²) in [4.78, 5) is 4.48. The molecular formula is C19H25N3O2S. The van der Waals surface area contributed by atoms with Crippen LogP contribution in [0.5, 0.6) is 0 Å². The molecule has 2 aromatic rings. The molecule has 1 heterocycles. The van der Waals surface area contributed by atoms with Gasteiger partial charge in [-0.3, -0.25) is 4.72 Å². The number of benzene rings is 1. The number of aromatic nitrogens is 1. The van der Waals surface area contributed by atoms with Crippen molar-refractivity contribution in [2.24, 2.45) is 0 Å². The third-order valence-electron chi connectivity index (χ3n) is 4.62. The number of pyridine rings is 1. The number of nitrogens with zero attached hydrogens (tertiary/aromatic N) is 1. The first-order valence-electron chi connectivity index (χ1n) is 8.91. The zero-order valence-corrected chi connectivity index (χ0v) is 15.3. The largest absolute Gasteiger partial charge is 0.381 e. The van der Waals surface area contributed by atoms with E-state index in [1.54, 1.807) is 24.4 Å². The van der Waals surface area contributed by atoms with Crippen molar-refractivity contribution < 1.29 is 8.42 Å². The van der Waals surface area contributed by atoms with Gasteiger partial charge in [0.2, 0.25) is 0 Å². The summed E-state index contributed by atoms with van der Waals surface area (Å²) in [7, 11) is -3.61. The highest BCUT2D eigenvalue weighted by Crippen LogP contribution is 2.22. The van der Waals surface area contributed by atoms with Crippen molar-refractivity contribution in [3.8, 4) is 0 Å². The molecule has 0 atom stereocenters. The van der Waals surface area contributed by atoms with Crippen molar-refractivity contribution in [1.29, 1.82) is 0 Å². The van der Waals surface area contributed by atoms with Gasteiger partial charge in [-0.1, -0.05) is 38.3 Å². The molecule has 3 rings (SSSR count). The Morgan fingerprint density at radius 3 is 2.36 bits per heavy atom. The number of hydrogen-bond donors (Lipinski definition) is 2. The second-order valence-corrected chi connectivity index (χ2v) is 8.20. The standard InChI is InChI=1S/C19H25N3O2S/c1-2-15-8-11-18(12-9-15)25(23,24)22-19-13-10-17(14-20-19)21-16-6-4-3-5-7-16/h8-14,16,21H,2-7H2,1H3,(H,20,22). The summed E-state index contributed by atoms with van der Waals surface area (Å²) >= 11 is 0. The second-order valence-electron chi connectivity index (χ2n) is 6.51. The van der Waals surface area contributed by atoms with Gasteiger partial charge in [-0.15, -0.1) is 0 Å². The van der Waals surface area contributed by atoms with E-state index in [1.807, 2.05) is 25.1 Å². The highest BCUT2D eigenvalue weighted by molar-refractivity contribution is 7.92. The summed E-state index contributed by atoms with van der Waals surface area (Å²) in [6, 6.07) is 11.0. The number of hydrogen-bond acceptors (Lipinski definition) is 4. The van der Waals surface area contributed by atoms with Gasteiger partial charge in [0.05, 0.1) is 16.8 Å². The van der Waals surface area contributed by atoms with Crippen molar-refractivity contribution >= 4 is 21.5 Å². The first kappa shape index (κ1) is 17.7. The number of anilines is 2. The van der Waals surface area contributed by atoms with E-state index in [0.717, 1.165) is 17.7 Å². The van der Waals surface area contributed by atoms with Gasteiger partial charge in [0.1, 0.15) is 5.82 Å². The van der Waals surface area contributed by atoms with Gasteiger partial charge < -0.3 is 5.32 Å². The van der Waals surface area contributed by atoms with Crippen LogP contribution >= 0.6 is 0 Å². The minimum Gasteiger partial charge on any atom is -0.381 e. The molecule has 1 aliphatic rings.